The average Bonchev–Trinajstić information content (AvgIpc) is 2.82. The topological polar surface area (TPSA) is 119 Å². The number of carbonyl (C=O) groups is 3. The lowest BCUT2D eigenvalue weighted by atomic mass is 10.1. The zero-order valence-electron chi connectivity index (χ0n) is 18.7. The maximum atomic E-state index is 12.8. The predicted molar refractivity (Wildman–Crippen MR) is 127 cm³/mol. The Labute approximate surface area is 198 Å². The molecule has 176 valence electrons. The Kier molecular flexibility index (Phi) is 7.93. The maximum Gasteiger partial charge on any atom is 0.338 e. The number of benzene rings is 3. The first-order valence-electron chi connectivity index (χ1n) is 10.4. The number of hydrogen-bond donors (Lipinski definition) is 2. The van der Waals surface area contributed by atoms with Gasteiger partial charge in [0, 0.05) is 24.7 Å². The smallest absolute Gasteiger partial charge is 0.338 e. The first kappa shape index (κ1) is 24.8. The highest BCUT2D eigenvalue weighted by molar-refractivity contribution is 7.89. The van der Waals surface area contributed by atoms with Crippen LogP contribution in [0, 0.1) is 6.92 Å². The molecule has 0 fully saturated rings. The molecule has 0 aliphatic carbocycles. The van der Waals surface area contributed by atoms with Crippen LogP contribution < -0.4 is 10.0 Å². The summed E-state index contributed by atoms with van der Waals surface area (Å²) in [7, 11) is -3.89. The molecular formula is C25H24N2O6S. The third-order valence-corrected chi connectivity index (χ3v) is 6.43. The minimum Gasteiger partial charge on any atom is -0.454 e. The number of esters is 1. The maximum absolute atomic E-state index is 12.8. The molecule has 2 N–H and O–H groups in total. The van der Waals surface area contributed by atoms with Crippen molar-refractivity contribution >= 4 is 33.4 Å². The van der Waals surface area contributed by atoms with E-state index < -0.39 is 28.4 Å². The van der Waals surface area contributed by atoms with Crippen LogP contribution in [0.4, 0.5) is 5.69 Å². The van der Waals surface area contributed by atoms with E-state index in [2.05, 4.69) is 10.0 Å². The van der Waals surface area contributed by atoms with Crippen molar-refractivity contribution in [1.82, 2.24) is 4.72 Å². The predicted octanol–water partition coefficient (Wildman–Crippen LogP) is 3.47. The van der Waals surface area contributed by atoms with Crippen LogP contribution in [0.3, 0.4) is 0 Å². The normalized spacial score (nSPS) is 11.0. The summed E-state index contributed by atoms with van der Waals surface area (Å²) in [6.07, 6.45) is 0. The van der Waals surface area contributed by atoms with Gasteiger partial charge in [0.15, 0.2) is 12.4 Å². The van der Waals surface area contributed by atoms with Gasteiger partial charge in [0.1, 0.15) is 0 Å². The molecular weight excluding hydrogens is 456 g/mol. The molecule has 0 saturated carbocycles. The van der Waals surface area contributed by atoms with Gasteiger partial charge >= 0.3 is 5.97 Å². The average molecular weight is 481 g/mol. The van der Waals surface area contributed by atoms with Crippen molar-refractivity contribution in [2.75, 3.05) is 11.9 Å². The molecule has 0 bridgehead atoms. The van der Waals surface area contributed by atoms with Gasteiger partial charge < -0.3 is 10.1 Å². The van der Waals surface area contributed by atoms with E-state index >= 15 is 0 Å². The minimum atomic E-state index is -3.89. The van der Waals surface area contributed by atoms with Crippen LogP contribution in [0.1, 0.15) is 38.8 Å². The zero-order valence-corrected chi connectivity index (χ0v) is 19.5. The molecule has 0 saturated heterocycles. The molecule has 0 atom stereocenters. The van der Waals surface area contributed by atoms with E-state index in [0.717, 1.165) is 5.56 Å². The molecule has 3 aromatic rings. The molecule has 1 amide bonds. The van der Waals surface area contributed by atoms with E-state index in [9.17, 15) is 22.8 Å². The summed E-state index contributed by atoms with van der Waals surface area (Å²) in [5.74, 6) is -1.49. The molecule has 0 aromatic heterocycles. The Hall–Kier alpha value is -3.82. The van der Waals surface area contributed by atoms with Crippen molar-refractivity contribution in [2.24, 2.45) is 0 Å². The second kappa shape index (κ2) is 10.9. The second-order valence-corrected chi connectivity index (χ2v) is 9.28. The number of carbonyl (C=O) groups excluding carboxylic acids is 3. The van der Waals surface area contributed by atoms with Crippen molar-refractivity contribution in [3.63, 3.8) is 0 Å². The van der Waals surface area contributed by atoms with Gasteiger partial charge in [0.05, 0.1) is 10.5 Å². The Bertz CT molecular complexity index is 1300. The molecule has 34 heavy (non-hydrogen) atoms. The standard InChI is InChI=1S/C25H24N2O6S/c1-17-8-9-21(14-24(17)34(31,32)26-15-19-6-4-3-5-7-19)25(30)33-16-23(29)20-10-12-22(13-11-20)27-18(2)28/h3-14,26H,15-16H2,1-2H3,(H,27,28). The summed E-state index contributed by atoms with van der Waals surface area (Å²) in [6, 6.07) is 19.4. The molecule has 9 heteroatoms. The molecule has 3 aromatic carbocycles. The summed E-state index contributed by atoms with van der Waals surface area (Å²) in [6.45, 7) is 2.59. The number of ether oxygens (including phenoxy) is 1. The summed E-state index contributed by atoms with van der Waals surface area (Å²) < 4.78 is 33.2. The molecule has 0 radical (unpaired) electrons. The van der Waals surface area contributed by atoms with Crippen molar-refractivity contribution in [2.45, 2.75) is 25.3 Å². The SMILES string of the molecule is CC(=O)Nc1ccc(C(=O)COC(=O)c2ccc(C)c(S(=O)(=O)NCc3ccccc3)c2)cc1. The largest absolute Gasteiger partial charge is 0.454 e. The number of rotatable bonds is 9. The van der Waals surface area contributed by atoms with Crippen LogP contribution in [0.5, 0.6) is 0 Å². The molecule has 0 aliphatic heterocycles. The number of anilines is 1. The number of nitrogens with one attached hydrogen (secondary N) is 2. The number of aryl methyl sites for hydroxylation is 1. The van der Waals surface area contributed by atoms with Crippen molar-refractivity contribution in [3.8, 4) is 0 Å². The van der Waals surface area contributed by atoms with Gasteiger partial charge in [-0.2, -0.15) is 0 Å². The molecule has 0 aliphatic rings. The van der Waals surface area contributed by atoms with Crippen molar-refractivity contribution in [3.05, 3.63) is 95.1 Å². The quantitative estimate of drug-likeness (QED) is 0.358. The summed E-state index contributed by atoms with van der Waals surface area (Å²) in [5.41, 5.74) is 2.12. The van der Waals surface area contributed by atoms with Gasteiger partial charge in [0.2, 0.25) is 15.9 Å². The highest BCUT2D eigenvalue weighted by atomic mass is 32.2. The molecule has 3 rings (SSSR count). The Morgan fingerprint density at radius 1 is 0.882 bits per heavy atom. The van der Waals surface area contributed by atoms with Gasteiger partial charge in [-0.25, -0.2) is 17.9 Å². The van der Waals surface area contributed by atoms with Gasteiger partial charge in [-0.3, -0.25) is 9.59 Å². The van der Waals surface area contributed by atoms with Crippen LogP contribution >= 0.6 is 0 Å². The van der Waals surface area contributed by atoms with Crippen LogP contribution in [0.15, 0.2) is 77.7 Å². The first-order valence-corrected chi connectivity index (χ1v) is 11.9. The second-order valence-electron chi connectivity index (χ2n) is 7.55. The fraction of sp³-hybridized carbons (Fsp3) is 0.160. The van der Waals surface area contributed by atoms with Gasteiger partial charge in [-0.05, 0) is 54.4 Å². The third-order valence-electron chi connectivity index (χ3n) is 4.88. The molecule has 0 spiro atoms. The molecule has 8 nitrogen and oxygen atoms in total. The summed E-state index contributed by atoms with van der Waals surface area (Å²) in [5, 5.41) is 2.59. The first-order chi connectivity index (χ1) is 16.2. The number of Topliss-reactive ketones (excluding diaryl/α,β-unsaturated/α-hetero) is 1. The lowest BCUT2D eigenvalue weighted by Gasteiger charge is -2.11. The van der Waals surface area contributed by atoms with E-state index in [1.165, 1.54) is 37.3 Å². The number of amides is 1. The van der Waals surface area contributed by atoms with Gasteiger partial charge in [-0.1, -0.05) is 36.4 Å². The van der Waals surface area contributed by atoms with Crippen LogP contribution in [0.25, 0.3) is 0 Å². The summed E-state index contributed by atoms with van der Waals surface area (Å²) >= 11 is 0. The molecule has 0 unspecified atom stereocenters. The monoisotopic (exact) mass is 480 g/mol. The van der Waals surface area contributed by atoms with Gasteiger partial charge in [0.25, 0.3) is 0 Å². The Morgan fingerprint density at radius 3 is 2.18 bits per heavy atom. The number of hydrogen-bond acceptors (Lipinski definition) is 6. The van der Waals surface area contributed by atoms with E-state index in [1.807, 2.05) is 18.2 Å². The van der Waals surface area contributed by atoms with Crippen LogP contribution in [-0.4, -0.2) is 32.7 Å². The molecule has 0 heterocycles. The van der Waals surface area contributed by atoms with E-state index in [4.69, 9.17) is 4.74 Å². The van der Waals surface area contributed by atoms with Crippen molar-refractivity contribution in [1.29, 1.82) is 0 Å². The fourth-order valence-electron chi connectivity index (χ4n) is 3.11. The van der Waals surface area contributed by atoms with E-state index in [-0.39, 0.29) is 22.9 Å². The van der Waals surface area contributed by atoms with E-state index in [0.29, 0.717) is 16.8 Å². The van der Waals surface area contributed by atoms with Crippen molar-refractivity contribution < 1.29 is 27.5 Å². The number of ketones is 1. The fourth-order valence-corrected chi connectivity index (χ4v) is 4.40. The van der Waals surface area contributed by atoms with Crippen LogP contribution in [-0.2, 0) is 26.1 Å². The third kappa shape index (κ3) is 6.60. The zero-order chi connectivity index (χ0) is 24.7. The lowest BCUT2D eigenvalue weighted by Crippen LogP contribution is -2.24. The summed E-state index contributed by atoms with van der Waals surface area (Å²) in [4.78, 5) is 35.9. The van der Waals surface area contributed by atoms with Gasteiger partial charge in [-0.15, -0.1) is 0 Å². The lowest BCUT2D eigenvalue weighted by molar-refractivity contribution is -0.114. The Morgan fingerprint density at radius 2 is 1.53 bits per heavy atom. The minimum absolute atomic E-state index is 0.0134. The number of sulfonamides is 1. The van der Waals surface area contributed by atoms with E-state index in [1.54, 1.807) is 31.2 Å². The highest BCUT2D eigenvalue weighted by Crippen LogP contribution is 2.19. The Balaban J connectivity index is 1.65. The van der Waals surface area contributed by atoms with Crippen LogP contribution in [0.2, 0.25) is 0 Å². The highest BCUT2D eigenvalue weighted by Gasteiger charge is 2.20.